The largest absolute Gasteiger partial charge is 0.495 e. The molecule has 3 unspecified atom stereocenters. The van der Waals surface area contributed by atoms with Crippen molar-refractivity contribution in [3.8, 4) is 5.75 Å². The number of carbonyl (C=O) groups is 1. The summed E-state index contributed by atoms with van der Waals surface area (Å²) in [4.78, 5) is 20.5. The molecule has 8 heteroatoms. The van der Waals surface area contributed by atoms with Crippen LogP contribution in [0, 0.1) is 0 Å². The number of nitrogens with one attached hydrogen (secondary N) is 1. The van der Waals surface area contributed by atoms with Crippen molar-refractivity contribution >= 4 is 46.5 Å². The molecule has 1 saturated heterocycles. The van der Waals surface area contributed by atoms with E-state index in [9.17, 15) is 4.79 Å². The highest BCUT2D eigenvalue weighted by Gasteiger charge is 2.64. The van der Waals surface area contributed by atoms with Crippen LogP contribution in [0.4, 0.5) is 11.4 Å². The number of amidine groups is 1. The summed E-state index contributed by atoms with van der Waals surface area (Å²) in [5.74, 6) is 1.23. The molecule has 3 aromatic carbocycles. The van der Waals surface area contributed by atoms with E-state index in [1.54, 1.807) is 18.9 Å². The van der Waals surface area contributed by atoms with E-state index in [1.165, 1.54) is 0 Å². The van der Waals surface area contributed by atoms with Gasteiger partial charge in [0.05, 0.1) is 12.8 Å². The minimum absolute atomic E-state index is 0.110. The lowest BCUT2D eigenvalue weighted by Crippen LogP contribution is -2.47. The first kappa shape index (κ1) is 19.5. The third kappa shape index (κ3) is 2.61. The van der Waals surface area contributed by atoms with Crippen LogP contribution in [0.5, 0.6) is 5.75 Å². The topological polar surface area (TPSA) is 63.2 Å². The minimum atomic E-state index is -1.02. The molecule has 6 rings (SSSR count). The number of rotatable bonds is 3. The molecule has 32 heavy (non-hydrogen) atoms. The van der Waals surface area contributed by atoms with Gasteiger partial charge >= 0.3 is 0 Å². The number of ether oxygens (including phenoxy) is 1. The van der Waals surface area contributed by atoms with Crippen molar-refractivity contribution in [2.24, 2.45) is 5.16 Å². The fourth-order valence-electron chi connectivity index (χ4n) is 4.59. The van der Waals surface area contributed by atoms with Crippen molar-refractivity contribution in [1.29, 1.82) is 0 Å². The zero-order valence-electron chi connectivity index (χ0n) is 17.0. The molecule has 3 heterocycles. The van der Waals surface area contributed by atoms with E-state index in [2.05, 4.69) is 10.5 Å². The maximum atomic E-state index is 13.6. The summed E-state index contributed by atoms with van der Waals surface area (Å²) in [5.41, 5.74) is 3.41. The second-order valence-electron chi connectivity index (χ2n) is 7.72. The van der Waals surface area contributed by atoms with Crippen molar-refractivity contribution in [2.45, 2.75) is 16.2 Å². The van der Waals surface area contributed by atoms with E-state index in [0.29, 0.717) is 16.6 Å². The Labute approximate surface area is 194 Å². The van der Waals surface area contributed by atoms with Crippen LogP contribution < -0.4 is 15.0 Å². The molecule has 3 aromatic rings. The Morgan fingerprint density at radius 1 is 1.09 bits per heavy atom. The number of para-hydroxylation sites is 3. The number of carbonyl (C=O) groups excluding carboxylic acids is 1. The second-order valence-corrected chi connectivity index (χ2v) is 9.49. The number of nitrogens with zero attached hydrogens (tertiary/aromatic N) is 2. The Hall–Kier alpha value is -3.16. The molecule has 1 spiro atoms. The summed E-state index contributed by atoms with van der Waals surface area (Å²) in [6.07, 6.45) is -0.343. The standard InChI is InChI=1S/C24H18ClN3O3S/c1-30-19-9-5-4-8-18(19)28-22-21(20(31-27-22)14-10-12-15(25)13-11-14)32-24(28)16-6-2-3-7-17(16)26-23(24)29/h2-13,20-21H,1H3,(H,26,29). The van der Waals surface area contributed by atoms with Gasteiger partial charge < -0.3 is 14.9 Å². The van der Waals surface area contributed by atoms with Gasteiger partial charge in [-0.2, -0.15) is 0 Å². The maximum absolute atomic E-state index is 13.6. The van der Waals surface area contributed by atoms with E-state index in [-0.39, 0.29) is 17.3 Å². The number of fused-ring (bicyclic) bond motifs is 3. The Kier molecular flexibility index (Phi) is 4.38. The van der Waals surface area contributed by atoms with Crippen LogP contribution in [0.2, 0.25) is 5.02 Å². The summed E-state index contributed by atoms with van der Waals surface area (Å²) in [5, 5.41) is 8.01. The van der Waals surface area contributed by atoms with Gasteiger partial charge in [0.1, 0.15) is 11.0 Å². The van der Waals surface area contributed by atoms with Gasteiger partial charge in [-0.15, -0.1) is 11.8 Å². The molecule has 1 fully saturated rings. The highest BCUT2D eigenvalue weighted by Crippen LogP contribution is 2.61. The molecule has 0 bridgehead atoms. The zero-order valence-corrected chi connectivity index (χ0v) is 18.6. The van der Waals surface area contributed by atoms with Gasteiger partial charge in [0.2, 0.25) is 4.87 Å². The number of methoxy groups -OCH3 is 1. The third-order valence-electron chi connectivity index (χ3n) is 6.00. The van der Waals surface area contributed by atoms with Crippen LogP contribution in [0.15, 0.2) is 78.0 Å². The average molecular weight is 464 g/mol. The molecule has 3 aliphatic heterocycles. The van der Waals surface area contributed by atoms with E-state index in [1.807, 2.05) is 77.7 Å². The molecular weight excluding hydrogens is 446 g/mol. The molecule has 1 amide bonds. The summed E-state index contributed by atoms with van der Waals surface area (Å²) < 4.78 is 5.66. The van der Waals surface area contributed by atoms with E-state index >= 15 is 0 Å². The van der Waals surface area contributed by atoms with Crippen LogP contribution in [0.3, 0.4) is 0 Å². The summed E-state index contributed by atoms with van der Waals surface area (Å²) in [7, 11) is 1.62. The number of amides is 1. The van der Waals surface area contributed by atoms with Gasteiger partial charge in [0, 0.05) is 16.3 Å². The van der Waals surface area contributed by atoms with Gasteiger partial charge in [-0.25, -0.2) is 0 Å². The van der Waals surface area contributed by atoms with Crippen LogP contribution in [-0.4, -0.2) is 24.1 Å². The Morgan fingerprint density at radius 2 is 1.84 bits per heavy atom. The molecule has 160 valence electrons. The molecule has 1 N–H and O–H groups in total. The van der Waals surface area contributed by atoms with Crippen molar-refractivity contribution < 1.29 is 14.4 Å². The molecular formula is C24H18ClN3O3S. The van der Waals surface area contributed by atoms with Gasteiger partial charge in [0.25, 0.3) is 5.91 Å². The molecule has 6 nitrogen and oxygen atoms in total. The van der Waals surface area contributed by atoms with E-state index in [4.69, 9.17) is 21.2 Å². The van der Waals surface area contributed by atoms with Gasteiger partial charge in [-0.05, 0) is 35.9 Å². The van der Waals surface area contributed by atoms with Crippen LogP contribution in [0.25, 0.3) is 0 Å². The predicted octanol–water partition coefficient (Wildman–Crippen LogP) is 5.16. The number of hydrogen-bond donors (Lipinski definition) is 1. The molecule has 0 saturated carbocycles. The minimum Gasteiger partial charge on any atom is -0.495 e. The van der Waals surface area contributed by atoms with Crippen molar-refractivity contribution in [2.75, 3.05) is 17.3 Å². The second kappa shape index (κ2) is 7.18. The lowest BCUT2D eigenvalue weighted by molar-refractivity contribution is -0.117. The number of thioether (sulfide) groups is 1. The maximum Gasteiger partial charge on any atom is 0.266 e. The van der Waals surface area contributed by atoms with Crippen molar-refractivity contribution in [3.05, 3.63) is 88.9 Å². The summed E-state index contributed by atoms with van der Waals surface area (Å²) >= 11 is 7.63. The first-order valence-corrected chi connectivity index (χ1v) is 11.4. The van der Waals surface area contributed by atoms with Gasteiger partial charge in [-0.1, -0.05) is 59.2 Å². The number of hydrogen-bond acceptors (Lipinski definition) is 6. The summed E-state index contributed by atoms with van der Waals surface area (Å²) in [6, 6.07) is 23.0. The monoisotopic (exact) mass is 463 g/mol. The van der Waals surface area contributed by atoms with Gasteiger partial charge in [0.15, 0.2) is 11.9 Å². The Balaban J connectivity index is 1.54. The quantitative estimate of drug-likeness (QED) is 0.581. The van der Waals surface area contributed by atoms with Crippen molar-refractivity contribution in [1.82, 2.24) is 0 Å². The number of anilines is 2. The fraction of sp³-hybridized carbons (Fsp3) is 0.167. The highest BCUT2D eigenvalue weighted by atomic mass is 35.5. The van der Waals surface area contributed by atoms with Gasteiger partial charge in [-0.3, -0.25) is 9.69 Å². The summed E-state index contributed by atoms with van der Waals surface area (Å²) in [6.45, 7) is 0. The Morgan fingerprint density at radius 3 is 2.66 bits per heavy atom. The van der Waals surface area contributed by atoms with Crippen LogP contribution >= 0.6 is 23.4 Å². The van der Waals surface area contributed by atoms with E-state index < -0.39 is 4.87 Å². The highest BCUT2D eigenvalue weighted by molar-refractivity contribution is 8.03. The smallest absolute Gasteiger partial charge is 0.266 e. The fourth-order valence-corrected chi connectivity index (χ4v) is 6.42. The molecule has 0 aliphatic carbocycles. The van der Waals surface area contributed by atoms with Crippen molar-refractivity contribution in [3.63, 3.8) is 0 Å². The Bertz CT molecular complexity index is 1270. The average Bonchev–Trinajstić information content (AvgIpc) is 3.45. The molecule has 3 aliphatic rings. The first-order valence-electron chi connectivity index (χ1n) is 10.1. The number of oxime groups is 1. The van der Waals surface area contributed by atoms with Crippen LogP contribution in [0.1, 0.15) is 17.2 Å². The van der Waals surface area contributed by atoms with E-state index in [0.717, 1.165) is 22.5 Å². The normalized spacial score (nSPS) is 25.2. The lowest BCUT2D eigenvalue weighted by atomic mass is 10.0. The molecule has 0 radical (unpaired) electrons. The predicted molar refractivity (Wildman–Crippen MR) is 126 cm³/mol. The number of halogens is 1. The number of benzene rings is 3. The first-order chi connectivity index (χ1) is 15.6. The molecule has 3 atom stereocenters. The SMILES string of the molecule is COc1ccccc1N1C2=NOC(c3ccc(Cl)cc3)C2SC12C(=O)Nc1ccccc12. The zero-order chi connectivity index (χ0) is 21.9. The van der Waals surface area contributed by atoms with Crippen LogP contribution in [-0.2, 0) is 14.5 Å². The lowest BCUT2D eigenvalue weighted by Gasteiger charge is -2.34. The molecule has 0 aromatic heterocycles. The third-order valence-corrected chi connectivity index (χ3v) is 7.90.